The molecule has 0 spiro atoms. The van der Waals surface area contributed by atoms with Crippen LogP contribution < -0.4 is 41.2 Å². The molecule has 1 atom stereocenters. The second-order valence-corrected chi connectivity index (χ2v) is 16.4. The molecular formula is C49H47N9O9. The summed E-state index contributed by atoms with van der Waals surface area (Å²) >= 11 is 0. The first-order chi connectivity index (χ1) is 32.4. The van der Waals surface area contributed by atoms with Crippen LogP contribution in [0.25, 0.3) is 11.1 Å². The van der Waals surface area contributed by atoms with E-state index >= 15 is 0 Å². The number of nitrogens with one attached hydrogen (secondary N) is 4. The highest BCUT2D eigenvalue weighted by Crippen LogP contribution is 2.34. The molecule has 5 aromatic rings. The topological polar surface area (TPSA) is 234 Å². The zero-order valence-corrected chi connectivity index (χ0v) is 36.5. The third kappa shape index (κ3) is 10.5. The molecule has 18 nitrogen and oxygen atoms in total. The van der Waals surface area contributed by atoms with Crippen LogP contribution in [0.4, 0.5) is 16.3 Å². The molecule has 342 valence electrons. The Balaban J connectivity index is 0.821. The van der Waals surface area contributed by atoms with Gasteiger partial charge >= 0.3 is 6.03 Å². The summed E-state index contributed by atoms with van der Waals surface area (Å²) in [6, 6.07) is 27.0. The molecule has 67 heavy (non-hydrogen) atoms. The number of aromatic nitrogens is 2. The molecule has 0 radical (unpaired) electrons. The molecule has 1 saturated carbocycles. The summed E-state index contributed by atoms with van der Waals surface area (Å²) in [6.07, 6.45) is 6.43. The number of rotatable bonds is 15. The highest BCUT2D eigenvalue weighted by molar-refractivity contribution is 6.24. The van der Waals surface area contributed by atoms with Gasteiger partial charge in [-0.3, -0.25) is 43.9 Å². The van der Waals surface area contributed by atoms with E-state index in [2.05, 4.69) is 32.3 Å². The van der Waals surface area contributed by atoms with Crippen LogP contribution >= 0.6 is 0 Å². The van der Waals surface area contributed by atoms with Crippen LogP contribution in [-0.4, -0.2) is 87.9 Å². The second kappa shape index (κ2) is 20.2. The molecule has 3 aliphatic rings. The number of carbonyl (C=O) groups is 6. The van der Waals surface area contributed by atoms with E-state index in [0.29, 0.717) is 17.1 Å². The summed E-state index contributed by atoms with van der Waals surface area (Å²) < 4.78 is 13.0. The number of nitrogens with zero attached hydrogens (tertiary/aromatic N) is 5. The molecule has 3 aromatic carbocycles. The van der Waals surface area contributed by atoms with Gasteiger partial charge in [-0.15, -0.1) is 0 Å². The molecule has 8 rings (SSSR count). The SMILES string of the molecule is Cn1cc(-c2ccc(N(C(=O)NCc3ccc(OCCNC(=O)COc4cccc5c4C(=O)N(C4CCC(=O)NC4=O)C5=O)cc3)[C@H]3CC[C@H](Nc4ccc(C#N)cn4)CC3)cc2)ccc1=O. The molecule has 2 aliphatic heterocycles. The van der Waals surface area contributed by atoms with Crippen LogP contribution in [0.3, 0.4) is 0 Å². The number of anilines is 2. The number of hydrogen-bond acceptors (Lipinski definition) is 12. The standard InChI is InChI=1S/C49H47N9O9/c1-56-28-33(10-22-44(56)61)32-8-13-35(14-9-32)57(36-15-11-34(12-16-36)54-41-20-7-31(25-50)27-52-41)49(65)53-26-30-5-17-37(18-6-30)66-24-23-51-43(60)29-67-40-4-2-3-38-45(40)48(64)58(47(38)63)39-19-21-42(59)55-46(39)62/h2-10,13-14,17-18,20,22,27-28,34,36,39H,11-12,15-16,19,21,23-24,26,29H2,1H3,(H,51,60)(H,52,54)(H,53,65)(H,55,59,62)/t34-,36-,39?. The Morgan fingerprint density at radius 2 is 1.61 bits per heavy atom. The van der Waals surface area contributed by atoms with E-state index in [4.69, 9.17) is 14.7 Å². The Kier molecular flexibility index (Phi) is 13.7. The Morgan fingerprint density at radius 1 is 0.851 bits per heavy atom. The molecule has 1 unspecified atom stereocenters. The number of urea groups is 1. The van der Waals surface area contributed by atoms with Gasteiger partial charge in [0.05, 0.1) is 23.2 Å². The first-order valence-corrected chi connectivity index (χ1v) is 21.9. The number of benzene rings is 3. The van der Waals surface area contributed by atoms with Crippen molar-refractivity contribution in [2.75, 3.05) is 30.0 Å². The minimum absolute atomic E-state index is 0.00800. The maximum absolute atomic E-state index is 14.1. The predicted molar refractivity (Wildman–Crippen MR) is 244 cm³/mol. The molecule has 18 heteroatoms. The van der Waals surface area contributed by atoms with E-state index in [0.717, 1.165) is 53.0 Å². The molecule has 1 aliphatic carbocycles. The quantitative estimate of drug-likeness (QED) is 0.0844. The van der Waals surface area contributed by atoms with Crippen LogP contribution in [0, 0.1) is 11.3 Å². The van der Waals surface area contributed by atoms with Crippen LogP contribution in [0.15, 0.2) is 108 Å². The van der Waals surface area contributed by atoms with Crippen molar-refractivity contribution in [1.29, 1.82) is 5.26 Å². The van der Waals surface area contributed by atoms with Gasteiger partial charge in [-0.05, 0) is 103 Å². The smallest absolute Gasteiger partial charge is 0.322 e. The van der Waals surface area contributed by atoms with Crippen LogP contribution in [0.1, 0.15) is 70.4 Å². The van der Waals surface area contributed by atoms with Gasteiger partial charge in [0.15, 0.2) is 6.61 Å². The molecule has 4 heterocycles. The van der Waals surface area contributed by atoms with Gasteiger partial charge in [0.25, 0.3) is 17.7 Å². The molecule has 2 aromatic heterocycles. The first kappa shape index (κ1) is 45.2. The van der Waals surface area contributed by atoms with E-state index in [-0.39, 0.29) is 73.1 Å². The highest BCUT2D eigenvalue weighted by atomic mass is 16.5. The normalized spacial score (nSPS) is 17.7. The maximum Gasteiger partial charge on any atom is 0.322 e. The molecule has 2 fully saturated rings. The zero-order chi connectivity index (χ0) is 47.0. The van der Waals surface area contributed by atoms with Crippen molar-refractivity contribution in [1.82, 2.24) is 30.4 Å². The highest BCUT2D eigenvalue weighted by Gasteiger charge is 2.46. The Hall–Kier alpha value is -8.33. The number of ether oxygens (including phenoxy) is 2. The van der Waals surface area contributed by atoms with Gasteiger partial charge in [0.2, 0.25) is 17.4 Å². The van der Waals surface area contributed by atoms with Gasteiger partial charge in [-0.1, -0.05) is 30.3 Å². The van der Waals surface area contributed by atoms with Gasteiger partial charge in [-0.2, -0.15) is 5.26 Å². The molecule has 1 saturated heterocycles. The largest absolute Gasteiger partial charge is 0.492 e. The van der Waals surface area contributed by atoms with E-state index in [1.54, 1.807) is 49.8 Å². The third-order valence-corrected chi connectivity index (χ3v) is 11.9. The number of aryl methyl sites for hydroxylation is 1. The molecule has 7 amide bonds. The lowest BCUT2D eigenvalue weighted by Gasteiger charge is -2.37. The number of fused-ring (bicyclic) bond motifs is 1. The van der Waals surface area contributed by atoms with Crippen molar-refractivity contribution in [3.8, 4) is 28.7 Å². The average Bonchev–Trinajstić information content (AvgIpc) is 3.59. The maximum atomic E-state index is 14.1. The summed E-state index contributed by atoms with van der Waals surface area (Å²) in [5.74, 6) is -1.84. The average molecular weight is 906 g/mol. The van der Waals surface area contributed by atoms with Crippen molar-refractivity contribution in [2.45, 2.75) is 63.2 Å². The fraction of sp³-hybridized carbons (Fsp3) is 0.286. The summed E-state index contributed by atoms with van der Waals surface area (Å²) in [5, 5.41) is 20.5. The van der Waals surface area contributed by atoms with Crippen molar-refractivity contribution in [3.63, 3.8) is 0 Å². The fourth-order valence-corrected chi connectivity index (χ4v) is 8.43. The summed E-state index contributed by atoms with van der Waals surface area (Å²) in [7, 11) is 1.71. The van der Waals surface area contributed by atoms with Gasteiger partial charge < -0.3 is 30.0 Å². The van der Waals surface area contributed by atoms with Crippen molar-refractivity contribution >= 4 is 47.1 Å². The van der Waals surface area contributed by atoms with Crippen molar-refractivity contribution < 1.29 is 38.2 Å². The third-order valence-electron chi connectivity index (χ3n) is 11.9. The van der Waals surface area contributed by atoms with E-state index in [1.807, 2.05) is 41.3 Å². The molecule has 0 bridgehead atoms. The van der Waals surface area contributed by atoms with Gasteiger partial charge in [0, 0.05) is 56.2 Å². The lowest BCUT2D eigenvalue weighted by molar-refractivity contribution is -0.136. The molecule has 4 N–H and O–H groups in total. The summed E-state index contributed by atoms with van der Waals surface area (Å²) in [6.45, 7) is 0.0723. The Morgan fingerprint density at radius 3 is 2.31 bits per heavy atom. The van der Waals surface area contributed by atoms with Crippen LogP contribution in [0.5, 0.6) is 11.5 Å². The monoisotopic (exact) mass is 905 g/mol. The van der Waals surface area contributed by atoms with Gasteiger partial charge in [-0.25, -0.2) is 9.78 Å². The Bertz CT molecular complexity index is 2800. The molecular weight excluding hydrogens is 859 g/mol. The lowest BCUT2D eigenvalue weighted by atomic mass is 9.89. The first-order valence-electron chi connectivity index (χ1n) is 21.9. The number of pyridine rings is 2. The van der Waals surface area contributed by atoms with E-state index < -0.39 is 42.2 Å². The number of nitriles is 1. The number of amides is 7. The number of imide groups is 2. The summed E-state index contributed by atoms with van der Waals surface area (Å²) in [4.78, 5) is 96.2. The van der Waals surface area contributed by atoms with Crippen LogP contribution in [-0.2, 0) is 28.0 Å². The minimum Gasteiger partial charge on any atom is -0.492 e. The van der Waals surface area contributed by atoms with E-state index in [1.165, 1.54) is 28.8 Å². The number of piperidine rings is 1. The van der Waals surface area contributed by atoms with E-state index in [9.17, 15) is 33.6 Å². The predicted octanol–water partition coefficient (Wildman–Crippen LogP) is 4.43. The second-order valence-electron chi connectivity index (χ2n) is 16.4. The number of carbonyl (C=O) groups excluding carboxylic acids is 6. The van der Waals surface area contributed by atoms with Crippen molar-refractivity contribution in [2.24, 2.45) is 7.05 Å². The Labute approximate surface area is 384 Å². The lowest BCUT2D eigenvalue weighted by Crippen LogP contribution is -2.54. The van der Waals surface area contributed by atoms with Gasteiger partial charge in [0.1, 0.15) is 36.0 Å². The number of hydrogen-bond donors (Lipinski definition) is 4. The minimum atomic E-state index is -1.13. The fourth-order valence-electron chi connectivity index (χ4n) is 8.43. The zero-order valence-electron chi connectivity index (χ0n) is 36.5. The van der Waals surface area contributed by atoms with Crippen LogP contribution in [0.2, 0.25) is 0 Å². The summed E-state index contributed by atoms with van der Waals surface area (Å²) in [5.41, 5.74) is 3.75. The van der Waals surface area contributed by atoms with Crippen molar-refractivity contribution in [3.05, 3.63) is 136 Å².